The lowest BCUT2D eigenvalue weighted by Crippen LogP contribution is -2.62. The Morgan fingerprint density at radius 2 is 1.09 bits per heavy atom. The molecule has 1 aromatic rings. The number of nitrogens with zero attached hydrogens (tertiary/aromatic N) is 1. The van der Waals surface area contributed by atoms with E-state index >= 15 is 0 Å². The van der Waals surface area contributed by atoms with Crippen molar-refractivity contribution in [2.75, 3.05) is 6.54 Å². The molecule has 5 atom stereocenters. The summed E-state index contributed by atoms with van der Waals surface area (Å²) in [6, 6.07) is 3.73. The fourth-order valence-corrected chi connectivity index (χ4v) is 6.05. The SMILES string of the molecule is CC(C)C[C@@H]1NC(=O)[C@H](C(C)C)NC(=O)[C@H](CC(C)C)NC(=O)[C@H](CC(C)C)NC(=O)[C@@H]2Cc3ccccc3CN2CC1=O. The molecule has 0 spiro atoms. The largest absolute Gasteiger partial charge is 0.344 e. The van der Waals surface area contributed by atoms with Crippen molar-refractivity contribution in [1.82, 2.24) is 26.2 Å². The van der Waals surface area contributed by atoms with Gasteiger partial charge in [-0.3, -0.25) is 28.9 Å². The maximum Gasteiger partial charge on any atom is 0.243 e. The van der Waals surface area contributed by atoms with Crippen LogP contribution in [0, 0.1) is 23.7 Å². The van der Waals surface area contributed by atoms with Gasteiger partial charge in [-0.1, -0.05) is 79.7 Å². The lowest BCUT2D eigenvalue weighted by Gasteiger charge is -2.37. The number of carbonyl (C=O) groups excluding carboxylic acids is 5. The minimum absolute atomic E-state index is 0.0414. The number of nitrogens with one attached hydrogen (secondary N) is 4. The molecule has 0 bridgehead atoms. The summed E-state index contributed by atoms with van der Waals surface area (Å²) in [5, 5.41) is 11.7. The molecule has 3 rings (SSSR count). The van der Waals surface area contributed by atoms with E-state index in [0.29, 0.717) is 32.2 Å². The number of ketones is 1. The molecule has 4 N–H and O–H groups in total. The summed E-state index contributed by atoms with van der Waals surface area (Å²) in [5.74, 6) is -1.87. The summed E-state index contributed by atoms with van der Waals surface area (Å²) in [4.78, 5) is 70.7. The van der Waals surface area contributed by atoms with Crippen molar-refractivity contribution in [3.8, 4) is 0 Å². The normalized spacial score (nSPS) is 26.3. The van der Waals surface area contributed by atoms with Gasteiger partial charge in [0.05, 0.1) is 18.6 Å². The topological polar surface area (TPSA) is 137 Å². The molecule has 0 aromatic heterocycles. The van der Waals surface area contributed by atoms with Crippen molar-refractivity contribution in [3.63, 3.8) is 0 Å². The third-order valence-corrected chi connectivity index (χ3v) is 8.35. The Kier molecular flexibility index (Phi) is 12.5. The molecule has 1 saturated heterocycles. The first kappa shape index (κ1) is 35.2. The van der Waals surface area contributed by atoms with Crippen LogP contribution in [0.15, 0.2) is 24.3 Å². The van der Waals surface area contributed by atoms with Crippen LogP contribution >= 0.6 is 0 Å². The molecule has 10 nitrogen and oxygen atoms in total. The Bertz CT molecular complexity index is 1200. The molecular weight excluding hydrogens is 558 g/mol. The fourth-order valence-electron chi connectivity index (χ4n) is 6.05. The van der Waals surface area contributed by atoms with Crippen LogP contribution in [-0.2, 0) is 36.9 Å². The highest BCUT2D eigenvalue weighted by Gasteiger charge is 2.38. The highest BCUT2D eigenvalue weighted by molar-refractivity contribution is 5.97. The number of hydrogen-bond acceptors (Lipinski definition) is 6. The summed E-state index contributed by atoms with van der Waals surface area (Å²) in [7, 11) is 0. The predicted octanol–water partition coefficient (Wildman–Crippen LogP) is 2.73. The average Bonchev–Trinajstić information content (AvgIpc) is 2.92. The maximum absolute atomic E-state index is 14.0. The minimum atomic E-state index is -0.901. The highest BCUT2D eigenvalue weighted by atomic mass is 16.2. The molecule has 4 amide bonds. The van der Waals surface area contributed by atoms with Crippen LogP contribution in [0.1, 0.15) is 85.8 Å². The third-order valence-electron chi connectivity index (χ3n) is 8.35. The lowest BCUT2D eigenvalue weighted by molar-refractivity contribution is -0.137. The van der Waals surface area contributed by atoms with Gasteiger partial charge < -0.3 is 21.3 Å². The molecular formula is C34H53N5O5. The quantitative estimate of drug-likeness (QED) is 0.374. The molecule has 0 unspecified atom stereocenters. The summed E-state index contributed by atoms with van der Waals surface area (Å²) in [6.07, 6.45) is 1.55. The van der Waals surface area contributed by atoms with E-state index in [2.05, 4.69) is 21.3 Å². The van der Waals surface area contributed by atoms with E-state index in [1.165, 1.54) is 0 Å². The number of hydrogen-bond donors (Lipinski definition) is 4. The Labute approximate surface area is 262 Å². The number of benzene rings is 1. The van der Waals surface area contributed by atoms with Crippen LogP contribution in [0.3, 0.4) is 0 Å². The zero-order valence-corrected chi connectivity index (χ0v) is 27.7. The van der Waals surface area contributed by atoms with Gasteiger partial charge in [-0.2, -0.15) is 0 Å². The van der Waals surface area contributed by atoms with E-state index in [0.717, 1.165) is 11.1 Å². The second-order valence-corrected chi connectivity index (χ2v) is 14.2. The van der Waals surface area contributed by atoms with Crippen molar-refractivity contribution in [3.05, 3.63) is 35.4 Å². The van der Waals surface area contributed by atoms with Crippen molar-refractivity contribution < 1.29 is 24.0 Å². The van der Waals surface area contributed by atoms with Crippen LogP contribution in [0.5, 0.6) is 0 Å². The zero-order chi connectivity index (χ0) is 32.7. The van der Waals surface area contributed by atoms with Gasteiger partial charge in [0, 0.05) is 6.54 Å². The van der Waals surface area contributed by atoms with E-state index in [-0.39, 0.29) is 41.9 Å². The van der Waals surface area contributed by atoms with Gasteiger partial charge in [-0.05, 0) is 60.5 Å². The molecule has 2 aliphatic rings. The van der Waals surface area contributed by atoms with Crippen molar-refractivity contribution >= 4 is 29.4 Å². The van der Waals surface area contributed by atoms with E-state index in [1.807, 2.05) is 84.6 Å². The fraction of sp³-hybridized carbons (Fsp3) is 0.676. The minimum Gasteiger partial charge on any atom is -0.344 e. The standard InChI is InChI=1S/C34H53N5O5/c1-19(2)13-25-29(40)18-39-17-24-12-10-9-11-23(24)16-28(39)33(43)37-26(14-20(3)4)31(41)36-27(15-21(5)6)32(42)38-30(22(7)8)34(44)35-25/h9-12,19-22,25-28,30H,13-18H2,1-8H3,(H,35,44)(H,36,41)(H,37,43)(H,38,42)/t25-,26-,27-,28-,30-/m0/s1. The van der Waals surface area contributed by atoms with Gasteiger partial charge in [-0.25, -0.2) is 0 Å². The van der Waals surface area contributed by atoms with Gasteiger partial charge in [0.1, 0.15) is 18.1 Å². The Morgan fingerprint density at radius 1 is 0.614 bits per heavy atom. The van der Waals surface area contributed by atoms with Gasteiger partial charge in [-0.15, -0.1) is 0 Å². The first-order chi connectivity index (χ1) is 20.7. The third kappa shape index (κ3) is 9.61. The highest BCUT2D eigenvalue weighted by Crippen LogP contribution is 2.24. The van der Waals surface area contributed by atoms with E-state index < -0.39 is 47.9 Å². The van der Waals surface area contributed by atoms with Crippen LogP contribution in [0.4, 0.5) is 0 Å². The molecule has 2 heterocycles. The second kappa shape index (κ2) is 15.6. The van der Waals surface area contributed by atoms with E-state index in [9.17, 15) is 24.0 Å². The summed E-state index contributed by atoms with van der Waals surface area (Å²) in [5.41, 5.74) is 2.06. The number of Topliss-reactive ketones (excluding diaryl/α,β-unsaturated/α-hetero) is 1. The Morgan fingerprint density at radius 3 is 1.64 bits per heavy atom. The lowest BCUT2D eigenvalue weighted by atomic mass is 9.91. The average molecular weight is 612 g/mol. The zero-order valence-electron chi connectivity index (χ0n) is 27.7. The van der Waals surface area contributed by atoms with Crippen molar-refractivity contribution in [2.45, 2.75) is 118 Å². The number of amides is 4. The van der Waals surface area contributed by atoms with Crippen LogP contribution in [0.25, 0.3) is 0 Å². The van der Waals surface area contributed by atoms with Gasteiger partial charge in [0.2, 0.25) is 23.6 Å². The summed E-state index contributed by atoms with van der Waals surface area (Å²) >= 11 is 0. The van der Waals surface area contributed by atoms with Gasteiger partial charge in [0.15, 0.2) is 5.78 Å². The van der Waals surface area contributed by atoms with Crippen LogP contribution in [0.2, 0.25) is 0 Å². The number of carbonyl (C=O) groups is 5. The molecule has 1 aromatic carbocycles. The molecule has 44 heavy (non-hydrogen) atoms. The monoisotopic (exact) mass is 611 g/mol. The van der Waals surface area contributed by atoms with Crippen LogP contribution < -0.4 is 21.3 Å². The van der Waals surface area contributed by atoms with Gasteiger partial charge >= 0.3 is 0 Å². The molecule has 2 aliphatic heterocycles. The van der Waals surface area contributed by atoms with Crippen molar-refractivity contribution in [1.29, 1.82) is 0 Å². The van der Waals surface area contributed by atoms with E-state index in [4.69, 9.17) is 0 Å². The molecule has 0 aliphatic carbocycles. The maximum atomic E-state index is 14.0. The second-order valence-electron chi connectivity index (χ2n) is 14.2. The molecule has 0 radical (unpaired) electrons. The summed E-state index contributed by atoms with van der Waals surface area (Å²) in [6.45, 7) is 15.9. The smallest absolute Gasteiger partial charge is 0.243 e. The molecule has 0 saturated carbocycles. The van der Waals surface area contributed by atoms with E-state index in [1.54, 1.807) is 0 Å². The van der Waals surface area contributed by atoms with Crippen LogP contribution in [-0.4, -0.2) is 71.1 Å². The molecule has 1 fully saturated rings. The molecule has 244 valence electrons. The van der Waals surface area contributed by atoms with Gasteiger partial charge in [0.25, 0.3) is 0 Å². The Balaban J connectivity index is 2.08. The predicted molar refractivity (Wildman–Crippen MR) is 170 cm³/mol. The molecule has 10 heteroatoms. The Hall–Kier alpha value is -3.27. The first-order valence-electron chi connectivity index (χ1n) is 16.2. The summed E-state index contributed by atoms with van der Waals surface area (Å²) < 4.78 is 0. The number of fused-ring (bicyclic) bond motifs is 2. The first-order valence-corrected chi connectivity index (χ1v) is 16.2. The van der Waals surface area contributed by atoms with Crippen molar-refractivity contribution in [2.24, 2.45) is 23.7 Å². The number of rotatable bonds is 7.